The number of benzene rings is 1. The minimum Gasteiger partial charge on any atom is -0.362 e. The Kier molecular flexibility index (Phi) is 4.15. The van der Waals surface area contributed by atoms with E-state index in [0.29, 0.717) is 11.4 Å². The Balaban J connectivity index is 1.74. The van der Waals surface area contributed by atoms with Gasteiger partial charge in [0.1, 0.15) is 5.82 Å². The van der Waals surface area contributed by atoms with Gasteiger partial charge in [-0.25, -0.2) is 4.98 Å². The quantitative estimate of drug-likeness (QED) is 0.783. The van der Waals surface area contributed by atoms with Crippen LogP contribution in [0, 0.1) is 0 Å². The lowest BCUT2D eigenvalue weighted by molar-refractivity contribution is -0.159. The van der Waals surface area contributed by atoms with Gasteiger partial charge in [0, 0.05) is 24.0 Å². The molecule has 1 aromatic carbocycles. The molecular weight excluding hydrogens is 323 g/mol. The van der Waals surface area contributed by atoms with Crippen LogP contribution in [0.1, 0.15) is 24.4 Å². The molecule has 3 rings (SSSR count). The number of aromatic nitrogens is 4. The summed E-state index contributed by atoms with van der Waals surface area (Å²) in [6.07, 6.45) is 0.0978. The van der Waals surface area contributed by atoms with E-state index in [-0.39, 0.29) is 11.9 Å². The second-order valence-electron chi connectivity index (χ2n) is 5.00. The van der Waals surface area contributed by atoms with Gasteiger partial charge in [0.15, 0.2) is 0 Å². The molecule has 0 bridgehead atoms. The third-order valence-corrected chi connectivity index (χ3v) is 3.26. The van der Waals surface area contributed by atoms with Crippen LogP contribution in [0.3, 0.4) is 0 Å². The summed E-state index contributed by atoms with van der Waals surface area (Å²) >= 11 is 0. The molecule has 0 amide bonds. The van der Waals surface area contributed by atoms with Gasteiger partial charge in [-0.05, 0) is 12.5 Å². The molecule has 124 valence electrons. The van der Waals surface area contributed by atoms with Crippen molar-refractivity contribution >= 4 is 5.82 Å². The number of nitrogens with zero attached hydrogens (tertiary/aromatic N) is 4. The van der Waals surface area contributed by atoms with Crippen LogP contribution >= 0.6 is 0 Å². The van der Waals surface area contributed by atoms with Crippen LogP contribution in [0.2, 0.25) is 0 Å². The van der Waals surface area contributed by atoms with E-state index in [1.54, 1.807) is 42.9 Å². The standard InChI is InChI=1S/C15H12F3N5O/c1-9(21-12-8-19-6-7-20-12)10-2-4-11(5-3-10)13-22-14(24-23-13)15(16,17)18/h2-9H,1H3,(H,20,21). The summed E-state index contributed by atoms with van der Waals surface area (Å²) in [7, 11) is 0. The van der Waals surface area contributed by atoms with Crippen molar-refractivity contribution in [1.29, 1.82) is 0 Å². The number of anilines is 1. The minimum absolute atomic E-state index is 0.0632. The first-order chi connectivity index (χ1) is 11.4. The van der Waals surface area contributed by atoms with Crippen molar-refractivity contribution < 1.29 is 17.7 Å². The predicted octanol–water partition coefficient (Wildman–Crippen LogP) is 3.72. The largest absolute Gasteiger partial charge is 0.471 e. The zero-order chi connectivity index (χ0) is 17.2. The number of halogens is 3. The highest BCUT2D eigenvalue weighted by Crippen LogP contribution is 2.29. The summed E-state index contributed by atoms with van der Waals surface area (Å²) in [6.45, 7) is 1.93. The third kappa shape index (κ3) is 3.50. The highest BCUT2D eigenvalue weighted by Gasteiger charge is 2.38. The second-order valence-corrected chi connectivity index (χ2v) is 5.00. The highest BCUT2D eigenvalue weighted by molar-refractivity contribution is 5.55. The fraction of sp³-hybridized carbons (Fsp3) is 0.200. The summed E-state index contributed by atoms with van der Waals surface area (Å²) in [4.78, 5) is 11.4. The SMILES string of the molecule is CC(Nc1cnccn1)c1ccc(-c2noc(C(F)(F)F)n2)cc1. The molecule has 3 aromatic rings. The van der Waals surface area contributed by atoms with Gasteiger partial charge in [-0.2, -0.15) is 18.2 Å². The lowest BCUT2D eigenvalue weighted by atomic mass is 10.1. The number of rotatable bonds is 4. The maximum atomic E-state index is 12.5. The normalized spacial score (nSPS) is 12.8. The average Bonchev–Trinajstić information content (AvgIpc) is 3.06. The Morgan fingerprint density at radius 2 is 1.88 bits per heavy atom. The number of hydrogen-bond acceptors (Lipinski definition) is 6. The molecule has 9 heteroatoms. The summed E-state index contributed by atoms with van der Waals surface area (Å²) in [6, 6.07) is 6.75. The molecule has 0 spiro atoms. The van der Waals surface area contributed by atoms with Crippen LogP contribution in [0.5, 0.6) is 0 Å². The van der Waals surface area contributed by atoms with Gasteiger partial charge in [0.2, 0.25) is 5.82 Å². The van der Waals surface area contributed by atoms with Gasteiger partial charge in [0.25, 0.3) is 0 Å². The first-order valence-electron chi connectivity index (χ1n) is 6.97. The van der Waals surface area contributed by atoms with E-state index in [9.17, 15) is 13.2 Å². The van der Waals surface area contributed by atoms with Crippen molar-refractivity contribution in [2.24, 2.45) is 0 Å². The number of alkyl halides is 3. The summed E-state index contributed by atoms with van der Waals surface area (Å²) in [5.74, 6) is -0.843. The molecule has 0 aliphatic carbocycles. The maximum absolute atomic E-state index is 12.5. The lowest BCUT2D eigenvalue weighted by Crippen LogP contribution is -2.07. The smallest absolute Gasteiger partial charge is 0.362 e. The van der Waals surface area contributed by atoms with E-state index in [0.717, 1.165) is 5.56 Å². The molecule has 2 aromatic heterocycles. The number of nitrogens with one attached hydrogen (secondary N) is 1. The minimum atomic E-state index is -4.65. The van der Waals surface area contributed by atoms with Gasteiger partial charge in [0.05, 0.1) is 6.20 Å². The lowest BCUT2D eigenvalue weighted by Gasteiger charge is -2.14. The van der Waals surface area contributed by atoms with Gasteiger partial charge in [-0.1, -0.05) is 29.4 Å². The van der Waals surface area contributed by atoms with Gasteiger partial charge in [-0.3, -0.25) is 4.98 Å². The summed E-state index contributed by atoms with van der Waals surface area (Å²) < 4.78 is 41.7. The molecule has 0 saturated carbocycles. The van der Waals surface area contributed by atoms with E-state index in [1.807, 2.05) is 6.92 Å². The molecule has 1 atom stereocenters. The number of hydrogen-bond donors (Lipinski definition) is 1. The molecule has 0 saturated heterocycles. The molecule has 0 aliphatic rings. The van der Waals surface area contributed by atoms with Crippen LogP contribution in [0.4, 0.5) is 19.0 Å². The molecular formula is C15H12F3N5O. The van der Waals surface area contributed by atoms with Crippen molar-refractivity contribution in [3.63, 3.8) is 0 Å². The molecule has 1 N–H and O–H groups in total. The maximum Gasteiger partial charge on any atom is 0.471 e. The van der Waals surface area contributed by atoms with Crippen LogP contribution in [0.15, 0.2) is 47.4 Å². The Bertz CT molecular complexity index is 802. The Labute approximate surface area is 134 Å². The third-order valence-electron chi connectivity index (χ3n) is 3.26. The van der Waals surface area contributed by atoms with Crippen LogP contribution in [-0.2, 0) is 6.18 Å². The van der Waals surface area contributed by atoms with Crippen molar-refractivity contribution in [1.82, 2.24) is 20.1 Å². The molecule has 6 nitrogen and oxygen atoms in total. The zero-order valence-electron chi connectivity index (χ0n) is 12.4. The predicted molar refractivity (Wildman–Crippen MR) is 78.8 cm³/mol. The van der Waals surface area contributed by atoms with E-state index >= 15 is 0 Å². The molecule has 0 fully saturated rings. The first kappa shape index (κ1) is 15.9. The van der Waals surface area contributed by atoms with Gasteiger partial charge in [-0.15, -0.1) is 0 Å². The van der Waals surface area contributed by atoms with Crippen molar-refractivity contribution in [2.75, 3.05) is 5.32 Å². The van der Waals surface area contributed by atoms with Crippen molar-refractivity contribution in [3.8, 4) is 11.4 Å². The van der Waals surface area contributed by atoms with Crippen LogP contribution < -0.4 is 5.32 Å². The monoisotopic (exact) mass is 335 g/mol. The summed E-state index contributed by atoms with van der Waals surface area (Å²) in [5.41, 5.74) is 1.36. The molecule has 2 heterocycles. The molecule has 24 heavy (non-hydrogen) atoms. The van der Waals surface area contributed by atoms with Gasteiger partial charge < -0.3 is 9.84 Å². The van der Waals surface area contributed by atoms with Crippen LogP contribution in [-0.4, -0.2) is 20.1 Å². The topological polar surface area (TPSA) is 76.7 Å². The second kappa shape index (κ2) is 6.26. The molecule has 0 aliphatic heterocycles. The van der Waals surface area contributed by atoms with E-state index in [2.05, 4.69) is 29.9 Å². The Hall–Kier alpha value is -2.97. The fourth-order valence-electron chi connectivity index (χ4n) is 2.06. The summed E-state index contributed by atoms with van der Waals surface area (Å²) in [5, 5.41) is 6.52. The van der Waals surface area contributed by atoms with E-state index in [1.165, 1.54) is 0 Å². The molecule has 0 radical (unpaired) electrons. The van der Waals surface area contributed by atoms with Crippen molar-refractivity contribution in [2.45, 2.75) is 19.1 Å². The molecule has 1 unspecified atom stereocenters. The Morgan fingerprint density at radius 3 is 2.46 bits per heavy atom. The van der Waals surface area contributed by atoms with Crippen molar-refractivity contribution in [3.05, 3.63) is 54.3 Å². The van der Waals surface area contributed by atoms with E-state index in [4.69, 9.17) is 0 Å². The Morgan fingerprint density at radius 1 is 1.12 bits per heavy atom. The van der Waals surface area contributed by atoms with Gasteiger partial charge >= 0.3 is 12.1 Å². The average molecular weight is 335 g/mol. The highest BCUT2D eigenvalue weighted by atomic mass is 19.4. The van der Waals surface area contributed by atoms with Crippen LogP contribution in [0.25, 0.3) is 11.4 Å². The fourth-order valence-corrected chi connectivity index (χ4v) is 2.06. The first-order valence-corrected chi connectivity index (χ1v) is 6.97. The zero-order valence-corrected chi connectivity index (χ0v) is 12.4. The van der Waals surface area contributed by atoms with E-state index < -0.39 is 12.1 Å².